The first-order chi connectivity index (χ1) is 5.52. The monoisotopic (exact) mass is 192 g/mol. The summed E-state index contributed by atoms with van der Waals surface area (Å²) < 4.78 is 21.8. The average Bonchev–Trinajstić information content (AvgIpc) is 1.95. The molecule has 73 valence electrons. The second-order valence-corrected chi connectivity index (χ2v) is 4.85. The Bertz CT molecular complexity index is 199. The maximum absolute atomic E-state index is 10.9. The molecule has 1 unspecified atom stereocenters. The van der Waals surface area contributed by atoms with Crippen LogP contribution in [0.5, 0.6) is 0 Å². The summed E-state index contributed by atoms with van der Waals surface area (Å²) in [5.41, 5.74) is 0. The predicted molar refractivity (Wildman–Crippen MR) is 50.2 cm³/mol. The predicted octanol–water partition coefficient (Wildman–Crippen LogP) is 1.96. The van der Waals surface area contributed by atoms with Gasteiger partial charge in [-0.15, -0.1) is 5.14 Å². The fourth-order valence-corrected chi connectivity index (χ4v) is 2.23. The highest BCUT2D eigenvalue weighted by molar-refractivity contribution is 7.89. The van der Waals surface area contributed by atoms with E-state index in [0.29, 0.717) is 12.8 Å². The number of hydrogen-bond acceptors (Lipinski definition) is 2. The third kappa shape index (κ3) is 4.72. The normalized spacial score (nSPS) is 14.6. The van der Waals surface area contributed by atoms with E-state index >= 15 is 0 Å². The summed E-state index contributed by atoms with van der Waals surface area (Å²) in [6, 6.07) is 0. The third-order valence-electron chi connectivity index (χ3n) is 1.93. The van der Waals surface area contributed by atoms with Gasteiger partial charge in [0, 0.05) is 0 Å². The van der Waals surface area contributed by atoms with Gasteiger partial charge in [-0.2, -0.15) is 0 Å². The van der Waals surface area contributed by atoms with E-state index < -0.39 is 15.3 Å². The molecular formula is C8H18NO2S. The van der Waals surface area contributed by atoms with Crippen LogP contribution in [0.2, 0.25) is 0 Å². The molecule has 0 aliphatic rings. The molecule has 1 atom stereocenters. The van der Waals surface area contributed by atoms with Gasteiger partial charge in [-0.3, -0.25) is 0 Å². The van der Waals surface area contributed by atoms with Crippen LogP contribution in [0, 0.1) is 0 Å². The smallest absolute Gasteiger partial charge is 0.211 e. The van der Waals surface area contributed by atoms with E-state index in [2.05, 4.69) is 0 Å². The van der Waals surface area contributed by atoms with Crippen molar-refractivity contribution in [1.29, 1.82) is 0 Å². The molecule has 12 heavy (non-hydrogen) atoms. The summed E-state index contributed by atoms with van der Waals surface area (Å²) >= 11 is 0. The zero-order chi connectivity index (χ0) is 9.61. The van der Waals surface area contributed by atoms with Crippen LogP contribution < -0.4 is 5.14 Å². The van der Waals surface area contributed by atoms with Crippen LogP contribution in [-0.2, 0) is 10.0 Å². The molecular weight excluding hydrogens is 174 g/mol. The standard InChI is InChI=1S/C8H18NO2S/c1-3-5-7-8(6-4-2)12(9,10)11/h8-9H,3-7H2,1-2H3. The van der Waals surface area contributed by atoms with E-state index in [1.807, 2.05) is 13.8 Å². The molecule has 0 aliphatic carbocycles. The van der Waals surface area contributed by atoms with Crippen LogP contribution in [0.4, 0.5) is 0 Å². The van der Waals surface area contributed by atoms with E-state index in [9.17, 15) is 8.42 Å². The minimum Gasteiger partial charge on any atom is -0.211 e. The fraction of sp³-hybridized carbons (Fsp3) is 1.00. The van der Waals surface area contributed by atoms with Gasteiger partial charge in [0.2, 0.25) is 10.0 Å². The topological polar surface area (TPSA) is 57.9 Å². The number of hydrogen-bond donors (Lipinski definition) is 0. The molecule has 1 radical (unpaired) electrons. The molecule has 0 saturated heterocycles. The van der Waals surface area contributed by atoms with Crippen molar-refractivity contribution in [2.75, 3.05) is 0 Å². The van der Waals surface area contributed by atoms with Crippen molar-refractivity contribution in [2.24, 2.45) is 0 Å². The molecule has 0 rings (SSSR count). The Morgan fingerprint density at radius 1 is 1.17 bits per heavy atom. The summed E-state index contributed by atoms with van der Waals surface area (Å²) in [5, 5.41) is 6.51. The lowest BCUT2D eigenvalue weighted by Gasteiger charge is -2.11. The Labute approximate surface area is 75.4 Å². The quantitative estimate of drug-likeness (QED) is 0.646. The average molecular weight is 192 g/mol. The molecule has 0 bridgehead atoms. The van der Waals surface area contributed by atoms with Crippen LogP contribution in [0.15, 0.2) is 0 Å². The molecule has 0 aromatic carbocycles. The van der Waals surface area contributed by atoms with Crippen LogP contribution in [-0.4, -0.2) is 13.7 Å². The third-order valence-corrected chi connectivity index (χ3v) is 3.28. The van der Waals surface area contributed by atoms with E-state index in [-0.39, 0.29) is 0 Å². The Hall–Kier alpha value is -0.0900. The highest BCUT2D eigenvalue weighted by Gasteiger charge is 2.19. The van der Waals surface area contributed by atoms with Crippen LogP contribution in [0.3, 0.4) is 0 Å². The van der Waals surface area contributed by atoms with Crippen LogP contribution >= 0.6 is 0 Å². The second kappa shape index (κ2) is 5.54. The Kier molecular flexibility index (Phi) is 5.50. The molecule has 0 amide bonds. The maximum atomic E-state index is 10.9. The molecule has 0 heterocycles. The van der Waals surface area contributed by atoms with E-state index in [4.69, 9.17) is 5.14 Å². The zero-order valence-corrected chi connectivity index (χ0v) is 8.65. The van der Waals surface area contributed by atoms with E-state index in [0.717, 1.165) is 19.3 Å². The number of unbranched alkanes of at least 4 members (excludes halogenated alkanes) is 1. The van der Waals surface area contributed by atoms with Crippen LogP contribution in [0.1, 0.15) is 46.0 Å². The van der Waals surface area contributed by atoms with Gasteiger partial charge >= 0.3 is 0 Å². The summed E-state index contributed by atoms with van der Waals surface area (Å²) in [5.74, 6) is 0. The van der Waals surface area contributed by atoms with Gasteiger partial charge < -0.3 is 0 Å². The van der Waals surface area contributed by atoms with E-state index in [1.54, 1.807) is 0 Å². The van der Waals surface area contributed by atoms with Gasteiger partial charge in [0.15, 0.2) is 0 Å². The summed E-state index contributed by atoms with van der Waals surface area (Å²) in [7, 11) is -3.55. The summed E-state index contributed by atoms with van der Waals surface area (Å²) in [6.45, 7) is 3.98. The summed E-state index contributed by atoms with van der Waals surface area (Å²) in [6.07, 6.45) is 4.02. The van der Waals surface area contributed by atoms with Gasteiger partial charge in [0.05, 0.1) is 5.25 Å². The lowest BCUT2D eigenvalue weighted by Crippen LogP contribution is -2.21. The Morgan fingerprint density at radius 2 is 1.75 bits per heavy atom. The molecule has 0 spiro atoms. The number of sulfonamides is 1. The van der Waals surface area contributed by atoms with Crippen molar-refractivity contribution in [3.63, 3.8) is 0 Å². The van der Waals surface area contributed by atoms with Crippen molar-refractivity contribution in [3.05, 3.63) is 0 Å². The fourth-order valence-electron chi connectivity index (χ4n) is 1.21. The molecule has 0 aromatic heterocycles. The SMILES string of the molecule is CCCCC(CCC)S([NH])(=O)=O. The van der Waals surface area contributed by atoms with E-state index in [1.165, 1.54) is 0 Å². The van der Waals surface area contributed by atoms with Gasteiger partial charge in [0.25, 0.3) is 0 Å². The second-order valence-electron chi connectivity index (χ2n) is 3.10. The number of nitrogens with one attached hydrogen (secondary N) is 1. The Balaban J connectivity index is 4.05. The van der Waals surface area contributed by atoms with Gasteiger partial charge in [-0.05, 0) is 12.8 Å². The molecule has 0 fully saturated rings. The minimum absolute atomic E-state index is 0.428. The Morgan fingerprint density at radius 3 is 2.08 bits per heavy atom. The first kappa shape index (κ1) is 11.9. The maximum Gasteiger partial charge on any atom is 0.228 e. The molecule has 3 nitrogen and oxygen atoms in total. The number of rotatable bonds is 6. The molecule has 0 aliphatic heterocycles. The van der Waals surface area contributed by atoms with Crippen molar-refractivity contribution >= 4 is 10.0 Å². The van der Waals surface area contributed by atoms with Gasteiger partial charge in [-0.25, -0.2) is 8.42 Å². The van der Waals surface area contributed by atoms with Crippen molar-refractivity contribution in [3.8, 4) is 0 Å². The first-order valence-corrected chi connectivity index (χ1v) is 6.05. The van der Waals surface area contributed by atoms with Crippen molar-refractivity contribution in [2.45, 2.75) is 51.2 Å². The first-order valence-electron chi connectivity index (χ1n) is 4.50. The highest BCUT2D eigenvalue weighted by Crippen LogP contribution is 2.13. The lowest BCUT2D eigenvalue weighted by atomic mass is 10.1. The molecule has 1 N–H and O–H groups in total. The van der Waals surface area contributed by atoms with Crippen molar-refractivity contribution in [1.82, 2.24) is 5.14 Å². The minimum atomic E-state index is -3.55. The van der Waals surface area contributed by atoms with Crippen molar-refractivity contribution < 1.29 is 8.42 Å². The molecule has 0 saturated carbocycles. The summed E-state index contributed by atoms with van der Waals surface area (Å²) in [4.78, 5) is 0. The van der Waals surface area contributed by atoms with Gasteiger partial charge in [-0.1, -0.05) is 33.1 Å². The highest BCUT2D eigenvalue weighted by atomic mass is 32.2. The lowest BCUT2D eigenvalue weighted by molar-refractivity contribution is 0.548. The molecule has 0 aromatic rings. The largest absolute Gasteiger partial charge is 0.228 e. The molecule has 4 heteroatoms. The zero-order valence-electron chi connectivity index (χ0n) is 7.84. The van der Waals surface area contributed by atoms with Gasteiger partial charge in [0.1, 0.15) is 0 Å². The van der Waals surface area contributed by atoms with Crippen LogP contribution in [0.25, 0.3) is 0 Å².